The summed E-state index contributed by atoms with van der Waals surface area (Å²) in [5.74, 6) is 1.16. The Kier molecular flexibility index (Phi) is 15.1. The number of pyridine rings is 1. The molecule has 1 aromatic heterocycles. The largest absolute Gasteiger partial charge is 0.494 e. The lowest BCUT2D eigenvalue weighted by atomic mass is 9.73. The molecule has 1 unspecified atom stereocenters. The van der Waals surface area contributed by atoms with E-state index in [0.29, 0.717) is 18.8 Å². The van der Waals surface area contributed by atoms with Crippen molar-refractivity contribution in [2.45, 2.75) is 112 Å². The number of hydroxylamine groups is 1. The van der Waals surface area contributed by atoms with Crippen LogP contribution < -0.4 is 15.0 Å². The van der Waals surface area contributed by atoms with Crippen molar-refractivity contribution in [1.29, 1.82) is 0 Å². The Labute approximate surface area is 236 Å². The molecule has 0 aliphatic rings. The van der Waals surface area contributed by atoms with Crippen LogP contribution in [0.4, 0.5) is 0 Å². The van der Waals surface area contributed by atoms with Gasteiger partial charge in [0.2, 0.25) is 5.91 Å². The summed E-state index contributed by atoms with van der Waals surface area (Å²) in [4.78, 5) is 16.0. The Hall–Kier alpha value is -2.64. The number of hydrogen-bond donors (Lipinski definition) is 3. The number of carbonyl (C=O) groups excluding carboxylic acids is 1. The predicted molar refractivity (Wildman–Crippen MR) is 158 cm³/mol. The Bertz CT molecular complexity index is 966. The van der Waals surface area contributed by atoms with Crippen molar-refractivity contribution in [3.05, 3.63) is 53.3 Å². The van der Waals surface area contributed by atoms with Gasteiger partial charge in [0.25, 0.3) is 0 Å². The van der Waals surface area contributed by atoms with E-state index in [1.165, 1.54) is 12.0 Å². The van der Waals surface area contributed by atoms with Crippen LogP contribution in [0.15, 0.2) is 36.4 Å². The zero-order chi connectivity index (χ0) is 29.5. The molecule has 2 aromatic rings. The second kappa shape index (κ2) is 17.1. The van der Waals surface area contributed by atoms with Gasteiger partial charge in [-0.05, 0) is 74.3 Å². The molecule has 0 aliphatic carbocycles. The number of hydrogen-bond acceptors (Lipinski definition) is 6. The van der Waals surface area contributed by atoms with Crippen molar-refractivity contribution in [1.82, 2.24) is 10.5 Å². The van der Waals surface area contributed by atoms with Crippen LogP contribution in [0.2, 0.25) is 0 Å². The molecule has 1 aromatic carbocycles. The zero-order valence-corrected chi connectivity index (χ0v) is 25.5. The molecule has 1 atom stereocenters. The number of ether oxygens (including phenoxy) is 2. The number of nitrogens with one attached hydrogen (secondary N) is 1. The van der Waals surface area contributed by atoms with Crippen molar-refractivity contribution >= 4 is 5.91 Å². The lowest BCUT2D eigenvalue weighted by molar-refractivity contribution is -0.129. The van der Waals surface area contributed by atoms with Crippen LogP contribution in [-0.4, -0.2) is 40.5 Å². The van der Waals surface area contributed by atoms with E-state index < -0.39 is 6.10 Å². The summed E-state index contributed by atoms with van der Waals surface area (Å²) >= 11 is 0. The topological polar surface area (TPSA) is 101 Å². The highest BCUT2D eigenvalue weighted by atomic mass is 16.5. The van der Waals surface area contributed by atoms with Crippen molar-refractivity contribution in [3.63, 3.8) is 0 Å². The molecule has 7 heteroatoms. The second-order valence-corrected chi connectivity index (χ2v) is 11.2. The maximum atomic E-state index is 11.0. The van der Waals surface area contributed by atoms with Crippen LogP contribution in [0.1, 0.15) is 110 Å². The van der Waals surface area contributed by atoms with Crippen LogP contribution in [-0.2, 0) is 10.2 Å². The molecule has 3 N–H and O–H groups in total. The Morgan fingerprint density at radius 1 is 0.949 bits per heavy atom. The van der Waals surface area contributed by atoms with Crippen molar-refractivity contribution in [3.8, 4) is 11.5 Å². The van der Waals surface area contributed by atoms with E-state index in [0.717, 1.165) is 49.2 Å². The predicted octanol–water partition coefficient (Wildman–Crippen LogP) is 7.14. The number of aromatic nitrogens is 1. The third-order valence-corrected chi connectivity index (χ3v) is 6.98. The van der Waals surface area contributed by atoms with Gasteiger partial charge in [-0.2, -0.15) is 0 Å². The molecule has 0 fully saturated rings. The summed E-state index contributed by atoms with van der Waals surface area (Å²) in [6.45, 7) is 17.4. The molecule has 0 radical (unpaired) electrons. The van der Waals surface area contributed by atoms with Gasteiger partial charge in [0.1, 0.15) is 18.1 Å². The molecule has 220 valence electrons. The molecule has 39 heavy (non-hydrogen) atoms. The summed E-state index contributed by atoms with van der Waals surface area (Å²) < 4.78 is 11.8. The maximum absolute atomic E-state index is 11.0. The highest BCUT2D eigenvalue weighted by molar-refractivity contribution is 5.74. The number of aliphatic hydroxyl groups is 1. The molecule has 0 bridgehead atoms. The SMILES string of the molecule is CCC.CCC(CC)(c1ccc(OCCCCCC(=O)NO)cc1)c1ccc(OCC(O)C(C)(C)C)c(C)n1. The first kappa shape index (κ1) is 34.4. The smallest absolute Gasteiger partial charge is 0.243 e. The van der Waals surface area contributed by atoms with E-state index >= 15 is 0 Å². The number of aryl methyl sites for hydroxylation is 1. The van der Waals surface area contributed by atoms with Crippen molar-refractivity contribution in [2.24, 2.45) is 5.41 Å². The van der Waals surface area contributed by atoms with E-state index in [1.807, 2.05) is 52.0 Å². The van der Waals surface area contributed by atoms with E-state index in [-0.39, 0.29) is 23.3 Å². The molecule has 2 rings (SSSR count). The van der Waals surface area contributed by atoms with Gasteiger partial charge < -0.3 is 14.6 Å². The van der Waals surface area contributed by atoms with E-state index in [9.17, 15) is 9.90 Å². The number of amides is 1. The number of nitrogens with zero attached hydrogens (tertiary/aromatic N) is 1. The molecule has 0 spiro atoms. The summed E-state index contributed by atoms with van der Waals surface area (Å²) in [5, 5.41) is 18.8. The first-order valence-corrected chi connectivity index (χ1v) is 14.4. The highest BCUT2D eigenvalue weighted by Gasteiger charge is 2.33. The lowest BCUT2D eigenvalue weighted by Gasteiger charge is -2.32. The second-order valence-electron chi connectivity index (χ2n) is 11.2. The minimum atomic E-state index is -0.560. The average molecular weight is 545 g/mol. The van der Waals surface area contributed by atoms with Crippen molar-refractivity contribution in [2.75, 3.05) is 13.2 Å². The number of aliphatic hydroxyl groups excluding tert-OH is 1. The zero-order valence-electron chi connectivity index (χ0n) is 25.5. The van der Waals surface area contributed by atoms with Crippen LogP contribution >= 0.6 is 0 Å². The van der Waals surface area contributed by atoms with Gasteiger partial charge in [-0.15, -0.1) is 0 Å². The van der Waals surface area contributed by atoms with Gasteiger partial charge in [0.15, 0.2) is 0 Å². The monoisotopic (exact) mass is 544 g/mol. The van der Waals surface area contributed by atoms with Crippen LogP contribution in [0.25, 0.3) is 0 Å². The van der Waals surface area contributed by atoms with Gasteiger partial charge in [-0.25, -0.2) is 5.48 Å². The number of carbonyl (C=O) groups is 1. The summed E-state index contributed by atoms with van der Waals surface area (Å²) in [5.41, 5.74) is 4.21. The Morgan fingerprint density at radius 2 is 1.56 bits per heavy atom. The molecular formula is C32H52N2O5. The summed E-state index contributed by atoms with van der Waals surface area (Å²) in [6, 6.07) is 12.3. The molecule has 7 nitrogen and oxygen atoms in total. The van der Waals surface area contributed by atoms with Crippen molar-refractivity contribution < 1.29 is 24.6 Å². The lowest BCUT2D eigenvalue weighted by Crippen LogP contribution is -2.32. The van der Waals surface area contributed by atoms with E-state index in [2.05, 4.69) is 39.8 Å². The third kappa shape index (κ3) is 10.8. The minimum Gasteiger partial charge on any atom is -0.494 e. The van der Waals surface area contributed by atoms with Gasteiger partial charge >= 0.3 is 0 Å². The fourth-order valence-electron chi connectivity index (χ4n) is 4.23. The summed E-state index contributed by atoms with van der Waals surface area (Å²) in [6.07, 6.45) is 5.24. The van der Waals surface area contributed by atoms with E-state index in [4.69, 9.17) is 19.7 Å². The molecule has 0 saturated heterocycles. The Morgan fingerprint density at radius 3 is 2.08 bits per heavy atom. The van der Waals surface area contributed by atoms with Gasteiger partial charge in [-0.3, -0.25) is 15.0 Å². The molecule has 1 heterocycles. The molecule has 1 amide bonds. The minimum absolute atomic E-state index is 0.222. The normalized spacial score (nSPS) is 12.3. The highest BCUT2D eigenvalue weighted by Crippen LogP contribution is 2.39. The third-order valence-electron chi connectivity index (χ3n) is 6.98. The average Bonchev–Trinajstić information content (AvgIpc) is 2.91. The first-order valence-electron chi connectivity index (χ1n) is 14.4. The standard InChI is InChI=1S/C29H44N2O5.C3H8/c1-7-29(8-2,25-18-17-24(21(3)30-25)36-20-26(32)28(4,5)6)22-13-15-23(16-14-22)35-19-11-9-10-12-27(33)31-34;1-3-2/h13-18,26,32,34H,7-12,19-20H2,1-6H3,(H,31,33);3H2,1-2H3. The number of rotatable bonds is 14. The molecule has 0 saturated carbocycles. The number of unbranched alkanes of at least 4 members (excludes halogenated alkanes) is 2. The fraction of sp³-hybridized carbons (Fsp3) is 0.625. The van der Waals surface area contributed by atoms with Gasteiger partial charge in [0, 0.05) is 11.8 Å². The van der Waals surface area contributed by atoms with Crippen LogP contribution in [0.3, 0.4) is 0 Å². The van der Waals surface area contributed by atoms with Gasteiger partial charge in [-0.1, -0.05) is 67.0 Å². The maximum Gasteiger partial charge on any atom is 0.243 e. The number of benzene rings is 1. The molecular weight excluding hydrogens is 492 g/mol. The fourth-order valence-corrected chi connectivity index (χ4v) is 4.23. The summed E-state index contributed by atoms with van der Waals surface area (Å²) in [7, 11) is 0. The van der Waals surface area contributed by atoms with E-state index in [1.54, 1.807) is 5.48 Å². The van der Waals surface area contributed by atoms with Crippen LogP contribution in [0.5, 0.6) is 11.5 Å². The first-order chi connectivity index (χ1) is 18.5. The quantitative estimate of drug-likeness (QED) is 0.133. The van der Waals surface area contributed by atoms with Crippen LogP contribution in [0, 0.1) is 12.3 Å². The van der Waals surface area contributed by atoms with Gasteiger partial charge in [0.05, 0.1) is 24.1 Å². The molecule has 0 aliphatic heterocycles. The Balaban J connectivity index is 0.00000242.